The van der Waals surface area contributed by atoms with Crippen molar-refractivity contribution in [3.63, 3.8) is 0 Å². The average molecular weight is 299 g/mol. The van der Waals surface area contributed by atoms with Gasteiger partial charge in [-0.05, 0) is 0 Å². The van der Waals surface area contributed by atoms with Gasteiger partial charge in [-0.2, -0.15) is 0 Å². The number of rotatable bonds is 0. The Morgan fingerprint density at radius 3 is 1.17 bits per heavy atom. The molecule has 1 radical (unpaired) electrons. The molecule has 0 saturated carbocycles. The zero-order chi connectivity index (χ0) is 4.50. The molecular formula is AgO4Te-2. The predicted molar refractivity (Wildman–Crippen MR) is 7.13 cm³/mol. The summed E-state index contributed by atoms with van der Waals surface area (Å²) in [6.07, 6.45) is 0. The monoisotopic (exact) mass is 301 g/mol. The molecule has 0 aromatic carbocycles. The molecule has 0 unspecified atom stereocenters. The van der Waals surface area contributed by atoms with Gasteiger partial charge in [0.2, 0.25) is 0 Å². The maximum absolute atomic E-state index is 8.63. The third-order valence-corrected chi connectivity index (χ3v) is 0. The molecule has 0 saturated heterocycles. The van der Waals surface area contributed by atoms with Crippen LogP contribution in [0.4, 0.5) is 0 Å². The Bertz CT molecular complexity index is 90.7. The van der Waals surface area contributed by atoms with Crippen LogP contribution in [0, 0.1) is 0 Å². The molecule has 0 aliphatic heterocycles. The van der Waals surface area contributed by atoms with Gasteiger partial charge < -0.3 is 0 Å². The van der Waals surface area contributed by atoms with E-state index in [9.17, 15) is 0 Å². The molecule has 0 bridgehead atoms. The van der Waals surface area contributed by atoms with Crippen LogP contribution in [0.25, 0.3) is 0 Å². The maximum atomic E-state index is 8.63. The van der Waals surface area contributed by atoms with Crippen molar-refractivity contribution in [1.82, 2.24) is 0 Å². The third kappa shape index (κ3) is 75.1. The standard InChI is InChI=1S/Ag.H2O4Te/c;1-5(2,3)4/h;(H2,1,2,3,4)/p-2. The first-order chi connectivity index (χ1) is 2.00. The van der Waals surface area contributed by atoms with Crippen molar-refractivity contribution in [3.8, 4) is 0 Å². The summed E-state index contributed by atoms with van der Waals surface area (Å²) in [5.41, 5.74) is 0. The van der Waals surface area contributed by atoms with Crippen LogP contribution in [0.5, 0.6) is 0 Å². The van der Waals surface area contributed by atoms with E-state index in [0.717, 1.165) is 0 Å². The Morgan fingerprint density at radius 2 is 1.17 bits per heavy atom. The van der Waals surface area contributed by atoms with E-state index in [1.807, 2.05) is 0 Å². The summed E-state index contributed by atoms with van der Waals surface area (Å²) in [7, 11) is 0. The van der Waals surface area contributed by atoms with Crippen LogP contribution in [0.3, 0.4) is 0 Å². The zero-order valence-corrected chi connectivity index (χ0v) is 6.16. The molecule has 0 aliphatic rings. The van der Waals surface area contributed by atoms with Crippen molar-refractivity contribution in [2.45, 2.75) is 0 Å². The second-order valence-corrected chi connectivity index (χ2v) is 2.74. The van der Waals surface area contributed by atoms with E-state index in [1.54, 1.807) is 0 Å². The molecule has 0 N–H and O–H groups in total. The quantitative estimate of drug-likeness (QED) is 0.447. The van der Waals surface area contributed by atoms with Crippen LogP contribution in [0.1, 0.15) is 0 Å². The van der Waals surface area contributed by atoms with E-state index in [-0.39, 0.29) is 22.4 Å². The Balaban J connectivity index is 0. The van der Waals surface area contributed by atoms with Crippen LogP contribution in [-0.2, 0) is 28.6 Å². The first-order valence-electron chi connectivity index (χ1n) is 0.667. The molecule has 0 aromatic heterocycles. The molecule has 6 heteroatoms. The Hall–Kier alpha value is 1.05. The molecule has 0 aliphatic carbocycles. The summed E-state index contributed by atoms with van der Waals surface area (Å²) in [6.45, 7) is 0. The van der Waals surface area contributed by atoms with Gasteiger partial charge in [0.1, 0.15) is 0 Å². The Labute approximate surface area is 54.3 Å². The van der Waals surface area contributed by atoms with E-state index in [2.05, 4.69) is 0 Å². The molecule has 0 aromatic rings. The molecule has 43 valence electrons. The van der Waals surface area contributed by atoms with Crippen molar-refractivity contribution in [1.29, 1.82) is 0 Å². The normalized spacial score (nSPS) is 9.67. The summed E-state index contributed by atoms with van der Waals surface area (Å²) < 4.78 is 34.5. The van der Waals surface area contributed by atoms with Crippen molar-refractivity contribution in [2.24, 2.45) is 0 Å². The van der Waals surface area contributed by atoms with Gasteiger partial charge in [0.15, 0.2) is 0 Å². The van der Waals surface area contributed by atoms with E-state index < -0.39 is 19.0 Å². The average Bonchev–Trinajstić information content (AvgIpc) is 0.722. The molecular weight excluding hydrogens is 299 g/mol. The fourth-order valence-corrected chi connectivity index (χ4v) is 0. The van der Waals surface area contributed by atoms with Gasteiger partial charge in [-0.1, -0.05) is 0 Å². The maximum Gasteiger partial charge on any atom is 0 e. The second kappa shape index (κ2) is 3.10. The van der Waals surface area contributed by atoms with Gasteiger partial charge in [-0.25, -0.2) is 0 Å². The SMILES string of the molecule is O=[Te](=O)([O-])[O-].[Ag]. The molecule has 6 heavy (non-hydrogen) atoms. The van der Waals surface area contributed by atoms with Crippen molar-refractivity contribution in [3.05, 3.63) is 0 Å². The molecule has 0 heterocycles. The summed E-state index contributed by atoms with van der Waals surface area (Å²) in [4.78, 5) is 0. The van der Waals surface area contributed by atoms with Gasteiger partial charge in [-0.15, -0.1) is 0 Å². The molecule has 0 amide bonds. The van der Waals surface area contributed by atoms with Gasteiger partial charge >= 0.3 is 32.1 Å². The molecule has 4 nitrogen and oxygen atoms in total. The summed E-state index contributed by atoms with van der Waals surface area (Å²) in [5.74, 6) is 0. The largest absolute Gasteiger partial charge is 0 e. The minimum Gasteiger partial charge on any atom is 0 e. The minimum absolute atomic E-state index is 0. The minimum atomic E-state index is -6.02. The smallest absolute Gasteiger partial charge is 0 e. The Kier molecular flexibility index (Phi) is 5.23. The zero-order valence-electron chi connectivity index (χ0n) is 2.34. The van der Waals surface area contributed by atoms with Crippen molar-refractivity contribution in [2.75, 3.05) is 0 Å². The van der Waals surface area contributed by atoms with Crippen LogP contribution in [-0.4, -0.2) is 19.0 Å². The van der Waals surface area contributed by atoms with Crippen molar-refractivity contribution < 1.29 is 35.5 Å². The predicted octanol–water partition coefficient (Wildman–Crippen LogP) is -3.00. The van der Waals surface area contributed by atoms with Crippen LogP contribution < -0.4 is 6.94 Å². The molecule has 0 rings (SSSR count). The molecule has 0 atom stereocenters. The second-order valence-electron chi connectivity index (χ2n) is 0.408. The van der Waals surface area contributed by atoms with Crippen molar-refractivity contribution >= 4 is 19.0 Å². The topological polar surface area (TPSA) is 80.3 Å². The van der Waals surface area contributed by atoms with Crippen LogP contribution >= 0.6 is 0 Å². The summed E-state index contributed by atoms with van der Waals surface area (Å²) in [5, 5.41) is 0. The van der Waals surface area contributed by atoms with Crippen LogP contribution in [0.2, 0.25) is 0 Å². The first-order valence-corrected chi connectivity index (χ1v) is 4.47. The number of hydrogen-bond acceptors (Lipinski definition) is 4. The molecule has 0 spiro atoms. The van der Waals surface area contributed by atoms with E-state index in [4.69, 9.17) is 13.2 Å². The van der Waals surface area contributed by atoms with Crippen LogP contribution in [0.15, 0.2) is 0 Å². The van der Waals surface area contributed by atoms with Gasteiger partial charge in [-0.3, -0.25) is 0 Å². The first kappa shape index (κ1) is 10.1. The fraction of sp³-hybridized carbons (Fsp3) is 0. The summed E-state index contributed by atoms with van der Waals surface area (Å²) >= 11 is -6.02. The molecule has 0 fully saturated rings. The fourth-order valence-electron chi connectivity index (χ4n) is 0. The van der Waals surface area contributed by atoms with Gasteiger partial charge in [0.25, 0.3) is 0 Å². The van der Waals surface area contributed by atoms with E-state index in [0.29, 0.717) is 0 Å². The van der Waals surface area contributed by atoms with Gasteiger partial charge in [0, 0.05) is 22.4 Å². The third-order valence-electron chi connectivity index (χ3n) is 0. The van der Waals surface area contributed by atoms with E-state index >= 15 is 0 Å². The summed E-state index contributed by atoms with van der Waals surface area (Å²) in [6, 6.07) is 0. The van der Waals surface area contributed by atoms with E-state index in [1.165, 1.54) is 0 Å². The number of hydrogen-bond donors (Lipinski definition) is 0. The Morgan fingerprint density at radius 1 is 1.17 bits per heavy atom. The van der Waals surface area contributed by atoms with Gasteiger partial charge in [0.05, 0.1) is 0 Å².